The SMILES string of the molecule is C=CCCC1(C(=O)NC(=O)N2COC[C@@H]2C(C)CC)CCCC1. The van der Waals surface area contributed by atoms with Gasteiger partial charge in [-0.05, 0) is 31.6 Å². The molecule has 0 aromatic carbocycles. The van der Waals surface area contributed by atoms with Gasteiger partial charge in [0.05, 0.1) is 12.6 Å². The van der Waals surface area contributed by atoms with Crippen LogP contribution < -0.4 is 5.32 Å². The average molecular weight is 322 g/mol. The lowest BCUT2D eigenvalue weighted by Gasteiger charge is -2.30. The number of ether oxygens (including phenoxy) is 1. The second-order valence-corrected chi connectivity index (χ2v) is 7.00. The Bertz CT molecular complexity index is 444. The molecule has 1 heterocycles. The van der Waals surface area contributed by atoms with Crippen molar-refractivity contribution in [3.05, 3.63) is 12.7 Å². The highest BCUT2D eigenvalue weighted by Crippen LogP contribution is 2.42. The molecule has 1 aliphatic heterocycles. The predicted octanol–water partition coefficient (Wildman–Crippen LogP) is 3.45. The first-order valence-electron chi connectivity index (χ1n) is 8.85. The number of amides is 3. The number of nitrogens with one attached hydrogen (secondary N) is 1. The molecule has 2 aliphatic rings. The molecular formula is C18H30N2O3. The van der Waals surface area contributed by atoms with Crippen molar-refractivity contribution in [1.29, 1.82) is 0 Å². The van der Waals surface area contributed by atoms with E-state index in [1.54, 1.807) is 4.90 Å². The molecule has 1 unspecified atom stereocenters. The lowest BCUT2D eigenvalue weighted by atomic mass is 9.80. The first kappa shape index (κ1) is 18.0. The molecule has 5 heteroatoms. The number of urea groups is 1. The number of rotatable bonds is 6. The van der Waals surface area contributed by atoms with Gasteiger partial charge in [-0.1, -0.05) is 39.2 Å². The summed E-state index contributed by atoms with van der Waals surface area (Å²) in [5.41, 5.74) is -0.393. The van der Waals surface area contributed by atoms with Crippen LogP contribution in [0.3, 0.4) is 0 Å². The molecule has 1 saturated carbocycles. The van der Waals surface area contributed by atoms with E-state index in [0.717, 1.165) is 44.9 Å². The first-order valence-corrected chi connectivity index (χ1v) is 8.85. The minimum Gasteiger partial charge on any atom is -0.359 e. The van der Waals surface area contributed by atoms with E-state index < -0.39 is 5.41 Å². The Hall–Kier alpha value is -1.36. The Morgan fingerprint density at radius 3 is 2.74 bits per heavy atom. The van der Waals surface area contributed by atoms with Gasteiger partial charge in [0, 0.05) is 5.41 Å². The van der Waals surface area contributed by atoms with Crippen LogP contribution >= 0.6 is 0 Å². The molecular weight excluding hydrogens is 292 g/mol. The summed E-state index contributed by atoms with van der Waals surface area (Å²) in [5.74, 6) is 0.246. The zero-order valence-electron chi connectivity index (χ0n) is 14.5. The maximum atomic E-state index is 12.8. The van der Waals surface area contributed by atoms with Crippen molar-refractivity contribution in [2.75, 3.05) is 13.3 Å². The Morgan fingerprint density at radius 2 is 2.13 bits per heavy atom. The number of carbonyl (C=O) groups excluding carboxylic acids is 2. The van der Waals surface area contributed by atoms with Gasteiger partial charge in [0.25, 0.3) is 0 Å². The fraction of sp³-hybridized carbons (Fsp3) is 0.778. The number of imide groups is 1. The number of allylic oxidation sites excluding steroid dienone is 1. The standard InChI is InChI=1S/C18H30N2O3/c1-4-6-9-18(10-7-8-11-18)16(21)19-17(22)20-13-23-12-15(20)14(3)5-2/h4,14-15H,1,5-13H2,2-3H3,(H,19,21,22)/t14?,15-/m1/s1. The van der Waals surface area contributed by atoms with E-state index in [9.17, 15) is 9.59 Å². The molecule has 0 aromatic heterocycles. The lowest BCUT2D eigenvalue weighted by molar-refractivity contribution is -0.130. The van der Waals surface area contributed by atoms with Gasteiger partial charge in [0.2, 0.25) is 5.91 Å². The van der Waals surface area contributed by atoms with E-state index in [4.69, 9.17) is 4.74 Å². The van der Waals surface area contributed by atoms with Crippen LogP contribution in [0.1, 0.15) is 58.8 Å². The van der Waals surface area contributed by atoms with Crippen molar-refractivity contribution in [2.24, 2.45) is 11.3 Å². The summed E-state index contributed by atoms with van der Waals surface area (Å²) >= 11 is 0. The van der Waals surface area contributed by atoms with E-state index in [1.807, 2.05) is 6.08 Å². The molecule has 0 radical (unpaired) electrons. The largest absolute Gasteiger partial charge is 0.359 e. The summed E-state index contributed by atoms with van der Waals surface area (Å²) in [6.07, 6.45) is 8.26. The van der Waals surface area contributed by atoms with E-state index in [1.165, 1.54) is 0 Å². The van der Waals surface area contributed by atoms with Crippen molar-refractivity contribution in [1.82, 2.24) is 10.2 Å². The fourth-order valence-corrected chi connectivity index (χ4v) is 3.73. The van der Waals surface area contributed by atoms with Crippen molar-refractivity contribution < 1.29 is 14.3 Å². The molecule has 0 spiro atoms. The van der Waals surface area contributed by atoms with Crippen molar-refractivity contribution in [3.63, 3.8) is 0 Å². The van der Waals surface area contributed by atoms with Crippen LogP contribution in [0.4, 0.5) is 4.79 Å². The number of hydrogen-bond acceptors (Lipinski definition) is 3. The van der Waals surface area contributed by atoms with Crippen LogP contribution in [-0.2, 0) is 9.53 Å². The number of carbonyl (C=O) groups is 2. The average Bonchev–Trinajstić information content (AvgIpc) is 3.21. The summed E-state index contributed by atoms with van der Waals surface area (Å²) < 4.78 is 5.45. The van der Waals surface area contributed by atoms with E-state index in [-0.39, 0.29) is 24.7 Å². The zero-order chi connectivity index (χ0) is 16.9. The molecule has 3 amide bonds. The highest BCUT2D eigenvalue weighted by molar-refractivity contribution is 5.97. The second-order valence-electron chi connectivity index (χ2n) is 7.00. The minimum absolute atomic E-state index is 0.0560. The summed E-state index contributed by atoms with van der Waals surface area (Å²) in [6.45, 7) is 8.80. The van der Waals surface area contributed by atoms with Crippen LogP contribution in [0.5, 0.6) is 0 Å². The Kier molecular flexibility index (Phi) is 6.22. The van der Waals surface area contributed by atoms with E-state index in [0.29, 0.717) is 12.5 Å². The van der Waals surface area contributed by atoms with Crippen LogP contribution in [0, 0.1) is 11.3 Å². The highest BCUT2D eigenvalue weighted by Gasteiger charge is 2.42. The summed E-state index contributed by atoms with van der Waals surface area (Å²) in [6, 6.07) is -0.247. The van der Waals surface area contributed by atoms with Gasteiger partial charge in [0.1, 0.15) is 6.73 Å². The van der Waals surface area contributed by atoms with Crippen LogP contribution in [0.15, 0.2) is 12.7 Å². The molecule has 5 nitrogen and oxygen atoms in total. The molecule has 1 saturated heterocycles. The highest BCUT2D eigenvalue weighted by atomic mass is 16.5. The third kappa shape index (κ3) is 3.94. The topological polar surface area (TPSA) is 58.6 Å². The number of nitrogens with zero attached hydrogens (tertiary/aromatic N) is 1. The zero-order valence-corrected chi connectivity index (χ0v) is 14.5. The third-order valence-electron chi connectivity index (χ3n) is 5.57. The van der Waals surface area contributed by atoms with Crippen LogP contribution in [0.2, 0.25) is 0 Å². The van der Waals surface area contributed by atoms with E-state index in [2.05, 4.69) is 25.7 Å². The summed E-state index contributed by atoms with van der Waals surface area (Å²) in [7, 11) is 0. The van der Waals surface area contributed by atoms with Gasteiger partial charge in [-0.15, -0.1) is 6.58 Å². The minimum atomic E-state index is -0.393. The predicted molar refractivity (Wildman–Crippen MR) is 89.8 cm³/mol. The van der Waals surface area contributed by atoms with Gasteiger partial charge >= 0.3 is 6.03 Å². The molecule has 130 valence electrons. The molecule has 2 rings (SSSR count). The van der Waals surface area contributed by atoms with Crippen LogP contribution in [-0.4, -0.2) is 36.2 Å². The molecule has 1 N–H and O–H groups in total. The van der Waals surface area contributed by atoms with Crippen molar-refractivity contribution in [2.45, 2.75) is 64.8 Å². The number of hydrogen-bond donors (Lipinski definition) is 1. The molecule has 1 aliphatic carbocycles. The maximum absolute atomic E-state index is 12.8. The van der Waals surface area contributed by atoms with Gasteiger partial charge in [-0.3, -0.25) is 15.0 Å². The van der Waals surface area contributed by atoms with E-state index >= 15 is 0 Å². The van der Waals surface area contributed by atoms with Crippen molar-refractivity contribution >= 4 is 11.9 Å². The molecule has 0 aromatic rings. The van der Waals surface area contributed by atoms with Gasteiger partial charge < -0.3 is 4.74 Å². The van der Waals surface area contributed by atoms with Gasteiger partial charge in [-0.2, -0.15) is 0 Å². The fourth-order valence-electron chi connectivity index (χ4n) is 3.73. The second kappa shape index (κ2) is 7.95. The Labute approximate surface area is 139 Å². The first-order chi connectivity index (χ1) is 11.0. The molecule has 2 fully saturated rings. The smallest absolute Gasteiger partial charge is 0.326 e. The monoisotopic (exact) mass is 322 g/mol. The lowest BCUT2D eigenvalue weighted by Crippen LogP contribution is -2.51. The van der Waals surface area contributed by atoms with Gasteiger partial charge in [0.15, 0.2) is 0 Å². The maximum Gasteiger partial charge on any atom is 0.326 e. The third-order valence-corrected chi connectivity index (χ3v) is 5.57. The summed E-state index contributed by atoms with van der Waals surface area (Å²) in [5, 5.41) is 2.66. The van der Waals surface area contributed by atoms with Gasteiger partial charge in [-0.25, -0.2) is 4.79 Å². The quantitative estimate of drug-likeness (QED) is 0.762. The Balaban J connectivity index is 2.00. The summed E-state index contributed by atoms with van der Waals surface area (Å²) in [4.78, 5) is 27.0. The molecule has 0 bridgehead atoms. The molecule has 23 heavy (non-hydrogen) atoms. The molecule has 2 atom stereocenters. The van der Waals surface area contributed by atoms with Crippen molar-refractivity contribution in [3.8, 4) is 0 Å². The normalized spacial score (nSPS) is 24.4. The van der Waals surface area contributed by atoms with Crippen LogP contribution in [0.25, 0.3) is 0 Å². The Morgan fingerprint density at radius 1 is 1.43 bits per heavy atom.